The van der Waals surface area contributed by atoms with E-state index in [2.05, 4.69) is 130 Å². The van der Waals surface area contributed by atoms with Crippen LogP contribution in [0.2, 0.25) is 0 Å². The summed E-state index contributed by atoms with van der Waals surface area (Å²) in [4.78, 5) is 10.4. The van der Waals surface area contributed by atoms with Crippen LogP contribution >= 0.6 is 24.4 Å². The van der Waals surface area contributed by atoms with Crippen LogP contribution in [0.4, 0.5) is 0 Å². The van der Waals surface area contributed by atoms with Crippen LogP contribution in [-0.2, 0) is 19.3 Å². The molecule has 0 spiro atoms. The molecule has 238 valence electrons. The summed E-state index contributed by atoms with van der Waals surface area (Å²) in [6, 6.07) is 34.5. The quantitative estimate of drug-likeness (QED) is 0.228. The molecule has 0 aromatic heterocycles. The molecule has 3 fully saturated rings. The molecule has 3 aromatic rings. The van der Waals surface area contributed by atoms with Crippen LogP contribution < -0.4 is 5.32 Å². The van der Waals surface area contributed by atoms with E-state index < -0.39 is 0 Å². The van der Waals surface area contributed by atoms with Crippen molar-refractivity contribution in [3.8, 4) is 0 Å². The predicted octanol–water partition coefficient (Wildman–Crippen LogP) is 6.03. The molecule has 7 heteroatoms. The summed E-state index contributed by atoms with van der Waals surface area (Å²) in [5.41, 5.74) is 4.13. The minimum atomic E-state index is 0.310. The normalized spacial score (nSPS) is 22.9. The van der Waals surface area contributed by atoms with Crippen LogP contribution in [0.1, 0.15) is 43.4 Å². The Bertz CT molecular complexity index is 1390. The van der Waals surface area contributed by atoms with E-state index in [0.717, 1.165) is 68.8 Å². The molecule has 5 nitrogen and oxygen atoms in total. The average Bonchev–Trinajstić information content (AvgIpc) is 3.74. The lowest BCUT2D eigenvalue weighted by Crippen LogP contribution is -2.51. The Labute approximate surface area is 281 Å². The van der Waals surface area contributed by atoms with Crippen molar-refractivity contribution in [3.05, 3.63) is 108 Å². The SMILES string of the molecule is CC(C)[C@H]1CNC(=S)N1CC1CCCN1C[C@H](Cc1ccccc1)N1C[C@H](Cc2ccccc2)N(CCc2ccccc2)C1=S. The van der Waals surface area contributed by atoms with Crippen molar-refractivity contribution < 1.29 is 0 Å². The highest BCUT2D eigenvalue weighted by atomic mass is 32.1. The Morgan fingerprint density at radius 3 is 2.11 bits per heavy atom. The minimum Gasteiger partial charge on any atom is -0.360 e. The van der Waals surface area contributed by atoms with E-state index in [1.165, 1.54) is 29.5 Å². The Kier molecular flexibility index (Phi) is 10.7. The molecule has 3 saturated heterocycles. The lowest BCUT2D eigenvalue weighted by Gasteiger charge is -2.38. The topological polar surface area (TPSA) is 25.0 Å². The summed E-state index contributed by atoms with van der Waals surface area (Å²) < 4.78 is 0. The van der Waals surface area contributed by atoms with E-state index in [-0.39, 0.29) is 0 Å². The minimum absolute atomic E-state index is 0.310. The maximum Gasteiger partial charge on any atom is 0.172 e. The van der Waals surface area contributed by atoms with Gasteiger partial charge in [-0.3, -0.25) is 4.90 Å². The van der Waals surface area contributed by atoms with Gasteiger partial charge in [0.2, 0.25) is 0 Å². The summed E-state index contributed by atoms with van der Waals surface area (Å²) in [5.74, 6) is 0.573. The molecule has 3 heterocycles. The van der Waals surface area contributed by atoms with E-state index in [0.29, 0.717) is 30.1 Å². The summed E-state index contributed by atoms with van der Waals surface area (Å²) in [6.45, 7) is 10.7. The smallest absolute Gasteiger partial charge is 0.172 e. The monoisotopic (exact) mass is 639 g/mol. The first-order valence-electron chi connectivity index (χ1n) is 16.9. The largest absolute Gasteiger partial charge is 0.360 e. The van der Waals surface area contributed by atoms with Gasteiger partial charge in [-0.15, -0.1) is 0 Å². The van der Waals surface area contributed by atoms with Gasteiger partial charge in [0.15, 0.2) is 10.2 Å². The van der Waals surface area contributed by atoms with Gasteiger partial charge in [0.1, 0.15) is 0 Å². The molecule has 3 aromatic carbocycles. The zero-order valence-corrected chi connectivity index (χ0v) is 28.6. The average molecular weight is 640 g/mol. The van der Waals surface area contributed by atoms with E-state index >= 15 is 0 Å². The molecule has 3 aliphatic heterocycles. The van der Waals surface area contributed by atoms with Gasteiger partial charge in [-0.25, -0.2) is 0 Å². The molecule has 0 bridgehead atoms. The molecule has 6 rings (SSSR count). The van der Waals surface area contributed by atoms with E-state index in [1.54, 1.807) is 0 Å². The third-order valence-electron chi connectivity index (χ3n) is 10.1. The Morgan fingerprint density at radius 1 is 0.800 bits per heavy atom. The van der Waals surface area contributed by atoms with E-state index in [1.807, 2.05) is 0 Å². The number of nitrogens with zero attached hydrogens (tertiary/aromatic N) is 4. The van der Waals surface area contributed by atoms with Gasteiger partial charge >= 0.3 is 0 Å². The van der Waals surface area contributed by atoms with Gasteiger partial charge in [0.25, 0.3) is 0 Å². The first-order valence-corrected chi connectivity index (χ1v) is 17.8. The number of nitrogens with one attached hydrogen (secondary N) is 1. The third kappa shape index (κ3) is 7.87. The van der Waals surface area contributed by atoms with Crippen LogP contribution in [0.5, 0.6) is 0 Å². The number of hydrogen-bond acceptors (Lipinski definition) is 3. The number of rotatable bonds is 13. The van der Waals surface area contributed by atoms with E-state index in [9.17, 15) is 0 Å². The fourth-order valence-corrected chi connectivity index (χ4v) is 8.39. The summed E-state index contributed by atoms with van der Waals surface area (Å²) >= 11 is 12.2. The molecular weight excluding hydrogens is 591 g/mol. The first-order chi connectivity index (χ1) is 22.0. The second-order valence-electron chi connectivity index (χ2n) is 13.5. The van der Waals surface area contributed by atoms with Crippen molar-refractivity contribution in [2.45, 2.75) is 70.1 Å². The van der Waals surface area contributed by atoms with Crippen molar-refractivity contribution in [2.75, 3.05) is 39.3 Å². The van der Waals surface area contributed by atoms with Crippen LogP contribution in [0.25, 0.3) is 0 Å². The van der Waals surface area contributed by atoms with Crippen LogP contribution in [0, 0.1) is 5.92 Å². The lowest BCUT2D eigenvalue weighted by molar-refractivity contribution is 0.152. The van der Waals surface area contributed by atoms with Gasteiger partial charge in [-0.1, -0.05) is 105 Å². The highest BCUT2D eigenvalue weighted by Crippen LogP contribution is 2.28. The molecule has 1 N–H and O–H groups in total. The highest BCUT2D eigenvalue weighted by molar-refractivity contribution is 7.80. The Hall–Kier alpha value is -3.00. The lowest BCUT2D eigenvalue weighted by atomic mass is 10.0. The fourth-order valence-electron chi connectivity index (χ4n) is 7.63. The molecule has 3 aliphatic rings. The van der Waals surface area contributed by atoms with Crippen LogP contribution in [0.3, 0.4) is 0 Å². The highest BCUT2D eigenvalue weighted by Gasteiger charge is 2.40. The molecule has 1 unspecified atom stereocenters. The number of benzene rings is 3. The summed E-state index contributed by atoms with van der Waals surface area (Å²) in [7, 11) is 0. The predicted molar refractivity (Wildman–Crippen MR) is 195 cm³/mol. The Morgan fingerprint density at radius 2 is 1.44 bits per heavy atom. The second kappa shape index (κ2) is 15.1. The molecule has 0 saturated carbocycles. The number of hydrogen-bond donors (Lipinski definition) is 1. The van der Waals surface area contributed by atoms with Gasteiger partial charge in [0, 0.05) is 44.8 Å². The third-order valence-corrected chi connectivity index (χ3v) is 11.0. The van der Waals surface area contributed by atoms with Crippen LogP contribution in [-0.4, -0.2) is 93.3 Å². The van der Waals surface area contributed by atoms with Crippen molar-refractivity contribution in [1.29, 1.82) is 0 Å². The van der Waals surface area contributed by atoms with Gasteiger partial charge in [-0.05, 0) is 85.7 Å². The van der Waals surface area contributed by atoms with Crippen molar-refractivity contribution in [3.63, 3.8) is 0 Å². The zero-order chi connectivity index (χ0) is 31.2. The number of likely N-dealkylation sites (tertiary alicyclic amines) is 1. The molecule has 0 radical (unpaired) electrons. The molecule has 0 aliphatic carbocycles. The van der Waals surface area contributed by atoms with Crippen molar-refractivity contribution in [1.82, 2.24) is 24.9 Å². The number of thiocarbonyl (C=S) groups is 2. The molecular formula is C38H49N5S2. The second-order valence-corrected chi connectivity index (χ2v) is 14.2. The van der Waals surface area contributed by atoms with Crippen molar-refractivity contribution >= 4 is 34.7 Å². The summed E-state index contributed by atoms with van der Waals surface area (Å²) in [6.07, 6.45) is 5.47. The molecule has 0 amide bonds. The maximum absolute atomic E-state index is 6.41. The van der Waals surface area contributed by atoms with Crippen LogP contribution in [0.15, 0.2) is 91.0 Å². The zero-order valence-electron chi connectivity index (χ0n) is 26.9. The standard InChI is InChI=1S/C38H49N5S2/c1-29(2)36-25-39-37(44)43(36)27-33-19-12-21-40(33)26-34(23-31-15-8-4-9-16-31)42-28-35(24-32-17-10-5-11-18-32)41(38(42)45)22-20-30-13-6-3-7-14-30/h3-11,13-18,29,33-36H,12,19-28H2,1-2H3,(H,39,44)/t33?,34-,35-,36+/m0/s1. The first kappa shape index (κ1) is 32.0. The van der Waals surface area contributed by atoms with Gasteiger partial charge in [-0.2, -0.15) is 0 Å². The Balaban J connectivity index is 1.23. The van der Waals surface area contributed by atoms with E-state index in [4.69, 9.17) is 24.4 Å². The summed E-state index contributed by atoms with van der Waals surface area (Å²) in [5, 5.41) is 5.43. The van der Waals surface area contributed by atoms with Gasteiger partial charge < -0.3 is 20.0 Å². The molecule has 45 heavy (non-hydrogen) atoms. The van der Waals surface area contributed by atoms with Gasteiger partial charge in [0.05, 0.1) is 12.1 Å². The molecule has 4 atom stereocenters. The fraction of sp³-hybridized carbons (Fsp3) is 0.474. The van der Waals surface area contributed by atoms with Crippen molar-refractivity contribution in [2.24, 2.45) is 5.92 Å². The maximum atomic E-state index is 6.41.